The van der Waals surface area contributed by atoms with Crippen LogP contribution in [0.5, 0.6) is 0 Å². The van der Waals surface area contributed by atoms with Gasteiger partial charge in [0.1, 0.15) is 16.7 Å². The van der Waals surface area contributed by atoms with Gasteiger partial charge in [0.25, 0.3) is 5.91 Å². The van der Waals surface area contributed by atoms with Crippen molar-refractivity contribution >= 4 is 29.3 Å². The monoisotopic (exact) mass is 509 g/mol. The van der Waals surface area contributed by atoms with Crippen LogP contribution in [0.4, 0.5) is 5.69 Å². The van der Waals surface area contributed by atoms with Gasteiger partial charge in [0, 0.05) is 12.2 Å². The molecule has 0 aromatic heterocycles. The van der Waals surface area contributed by atoms with E-state index in [9.17, 15) is 14.9 Å². The molecular weight excluding hydrogens is 478 g/mol. The lowest BCUT2D eigenvalue weighted by Gasteiger charge is -2.19. The van der Waals surface area contributed by atoms with Crippen molar-refractivity contribution in [2.24, 2.45) is 0 Å². The molecule has 1 saturated heterocycles. The van der Waals surface area contributed by atoms with E-state index in [0.29, 0.717) is 29.6 Å². The summed E-state index contributed by atoms with van der Waals surface area (Å²) in [5.41, 5.74) is 4.98. The normalized spacial score (nSPS) is 16.6. The van der Waals surface area contributed by atoms with Gasteiger partial charge in [-0.15, -0.1) is 0 Å². The van der Waals surface area contributed by atoms with Crippen molar-refractivity contribution in [3.63, 3.8) is 0 Å². The molecule has 1 atom stereocenters. The minimum atomic E-state index is -0.488. The minimum absolute atomic E-state index is 0.0500. The Morgan fingerprint density at radius 3 is 2.22 bits per heavy atom. The standard InChI is InChI=1S/C31H31N3O2S/c1-4-22-10-12-23(13-11-22)18-28-30(36)34(26-16-14-25(15-17-26)21(2)3)31(37-28)27(19-32)29(35)33-20-24-8-6-5-7-9-24/h5-17,21,28H,4,18,20H2,1-3H3,(H,33,35)/b31-27-. The van der Waals surface area contributed by atoms with Crippen molar-refractivity contribution in [3.05, 3.63) is 112 Å². The third-order valence-electron chi connectivity index (χ3n) is 6.47. The van der Waals surface area contributed by atoms with Gasteiger partial charge >= 0.3 is 0 Å². The molecule has 3 aromatic carbocycles. The van der Waals surface area contributed by atoms with Gasteiger partial charge < -0.3 is 5.32 Å². The Hall–Kier alpha value is -3.82. The molecule has 1 N–H and O–H groups in total. The maximum atomic E-state index is 13.7. The fourth-order valence-corrected chi connectivity index (χ4v) is 5.53. The van der Waals surface area contributed by atoms with Gasteiger partial charge in [0.05, 0.1) is 5.25 Å². The lowest BCUT2D eigenvalue weighted by molar-refractivity contribution is -0.117. The molecule has 4 rings (SSSR count). The first-order valence-corrected chi connectivity index (χ1v) is 13.4. The number of carbonyl (C=O) groups excluding carboxylic acids is 2. The van der Waals surface area contributed by atoms with Crippen LogP contribution in [0.15, 0.2) is 89.5 Å². The van der Waals surface area contributed by atoms with Crippen LogP contribution in [0.1, 0.15) is 48.9 Å². The highest BCUT2D eigenvalue weighted by Crippen LogP contribution is 2.42. The fourth-order valence-electron chi connectivity index (χ4n) is 4.22. The number of hydrogen-bond acceptors (Lipinski definition) is 4. The van der Waals surface area contributed by atoms with E-state index in [1.54, 1.807) is 4.90 Å². The first-order valence-electron chi connectivity index (χ1n) is 12.6. The van der Waals surface area contributed by atoms with Crippen LogP contribution in [0.2, 0.25) is 0 Å². The average Bonchev–Trinajstić information content (AvgIpc) is 3.24. The van der Waals surface area contributed by atoms with E-state index in [1.165, 1.54) is 17.3 Å². The van der Waals surface area contributed by atoms with Crippen molar-refractivity contribution in [3.8, 4) is 6.07 Å². The van der Waals surface area contributed by atoms with Gasteiger partial charge in [0.15, 0.2) is 0 Å². The molecule has 0 bridgehead atoms. The van der Waals surface area contributed by atoms with Gasteiger partial charge in [0.2, 0.25) is 5.91 Å². The number of benzene rings is 3. The molecular formula is C31H31N3O2S. The predicted octanol–water partition coefficient (Wildman–Crippen LogP) is 6.12. The third-order valence-corrected chi connectivity index (χ3v) is 7.73. The second-order valence-corrected chi connectivity index (χ2v) is 10.6. The topological polar surface area (TPSA) is 73.2 Å². The van der Waals surface area contributed by atoms with Gasteiger partial charge in [-0.3, -0.25) is 14.5 Å². The molecule has 0 aliphatic carbocycles. The average molecular weight is 510 g/mol. The smallest absolute Gasteiger partial charge is 0.264 e. The molecule has 1 fully saturated rings. The summed E-state index contributed by atoms with van der Waals surface area (Å²) in [7, 11) is 0. The van der Waals surface area contributed by atoms with Crippen LogP contribution in [0.3, 0.4) is 0 Å². The molecule has 188 valence electrons. The fraction of sp³-hybridized carbons (Fsp3) is 0.258. The maximum Gasteiger partial charge on any atom is 0.264 e. The van der Waals surface area contributed by atoms with E-state index in [-0.39, 0.29) is 11.5 Å². The lowest BCUT2D eigenvalue weighted by Crippen LogP contribution is -2.32. The summed E-state index contributed by atoms with van der Waals surface area (Å²) < 4.78 is 0. The molecule has 1 aliphatic rings. The van der Waals surface area contributed by atoms with E-state index in [0.717, 1.165) is 23.1 Å². The van der Waals surface area contributed by atoms with Crippen LogP contribution in [0.25, 0.3) is 0 Å². The molecule has 0 spiro atoms. The Balaban J connectivity index is 1.66. The molecule has 5 nitrogen and oxygen atoms in total. The van der Waals surface area contributed by atoms with Gasteiger partial charge in [-0.05, 0) is 53.1 Å². The highest BCUT2D eigenvalue weighted by Gasteiger charge is 2.40. The first kappa shape index (κ1) is 26.2. The number of carbonyl (C=O) groups is 2. The van der Waals surface area contributed by atoms with Crippen LogP contribution < -0.4 is 10.2 Å². The second kappa shape index (κ2) is 11.9. The summed E-state index contributed by atoms with van der Waals surface area (Å²) in [5.74, 6) is -0.260. The van der Waals surface area contributed by atoms with Crippen LogP contribution >= 0.6 is 11.8 Å². The second-order valence-electron chi connectivity index (χ2n) is 9.36. The maximum absolute atomic E-state index is 13.7. The molecule has 2 amide bonds. The zero-order chi connectivity index (χ0) is 26.4. The lowest BCUT2D eigenvalue weighted by atomic mass is 10.0. The third kappa shape index (κ3) is 6.12. The highest BCUT2D eigenvalue weighted by atomic mass is 32.2. The number of nitriles is 1. The molecule has 3 aromatic rings. The van der Waals surface area contributed by atoms with Gasteiger partial charge in [-0.2, -0.15) is 5.26 Å². The molecule has 1 heterocycles. The van der Waals surface area contributed by atoms with Crippen molar-refractivity contribution < 1.29 is 9.59 Å². The summed E-state index contributed by atoms with van der Waals surface area (Å²) in [6.45, 7) is 6.63. The van der Waals surface area contributed by atoms with Gasteiger partial charge in [-0.25, -0.2) is 0 Å². The Labute approximate surface area is 223 Å². The number of nitrogens with zero attached hydrogens (tertiary/aromatic N) is 2. The Morgan fingerprint density at radius 1 is 0.973 bits per heavy atom. The number of aryl methyl sites for hydroxylation is 1. The number of amides is 2. The largest absolute Gasteiger partial charge is 0.347 e. The van der Waals surface area contributed by atoms with Crippen molar-refractivity contribution in [1.82, 2.24) is 5.32 Å². The van der Waals surface area contributed by atoms with Crippen LogP contribution in [-0.2, 0) is 29.0 Å². The molecule has 6 heteroatoms. The van der Waals surface area contributed by atoms with E-state index in [4.69, 9.17) is 0 Å². The summed E-state index contributed by atoms with van der Waals surface area (Å²) in [5, 5.41) is 12.8. The Kier molecular flexibility index (Phi) is 8.47. The van der Waals surface area contributed by atoms with Crippen molar-refractivity contribution in [1.29, 1.82) is 5.26 Å². The SMILES string of the molecule is CCc1ccc(CC2S/C(=C(/C#N)C(=O)NCc3ccccc3)N(c3ccc(C(C)C)cc3)C2=O)cc1. The molecule has 0 radical (unpaired) electrons. The molecule has 1 unspecified atom stereocenters. The summed E-state index contributed by atoms with van der Waals surface area (Å²) in [4.78, 5) is 28.4. The summed E-state index contributed by atoms with van der Waals surface area (Å²) in [6, 6.07) is 27.6. The number of nitrogens with one attached hydrogen (secondary N) is 1. The van der Waals surface area contributed by atoms with E-state index < -0.39 is 11.2 Å². The summed E-state index contributed by atoms with van der Waals surface area (Å²) in [6.07, 6.45) is 1.47. The van der Waals surface area contributed by atoms with Crippen LogP contribution in [0, 0.1) is 11.3 Å². The van der Waals surface area contributed by atoms with Gasteiger partial charge in [-0.1, -0.05) is 99.3 Å². The highest BCUT2D eigenvalue weighted by molar-refractivity contribution is 8.05. The Bertz CT molecular complexity index is 1320. The van der Waals surface area contributed by atoms with E-state index in [2.05, 4.69) is 44.3 Å². The van der Waals surface area contributed by atoms with E-state index >= 15 is 0 Å². The molecule has 1 aliphatic heterocycles. The number of rotatable bonds is 8. The zero-order valence-electron chi connectivity index (χ0n) is 21.4. The van der Waals surface area contributed by atoms with E-state index in [1.807, 2.05) is 66.7 Å². The summed E-state index contributed by atoms with van der Waals surface area (Å²) >= 11 is 1.29. The van der Waals surface area contributed by atoms with Crippen LogP contribution in [-0.4, -0.2) is 17.1 Å². The number of thioether (sulfide) groups is 1. The minimum Gasteiger partial charge on any atom is -0.347 e. The van der Waals surface area contributed by atoms with Crippen molar-refractivity contribution in [2.45, 2.75) is 51.3 Å². The zero-order valence-corrected chi connectivity index (χ0v) is 22.2. The number of hydrogen-bond donors (Lipinski definition) is 1. The molecule has 0 saturated carbocycles. The Morgan fingerprint density at radius 2 is 1.62 bits per heavy atom. The molecule has 37 heavy (non-hydrogen) atoms. The number of anilines is 1. The van der Waals surface area contributed by atoms with Crippen molar-refractivity contribution in [2.75, 3.05) is 4.90 Å². The first-order chi connectivity index (χ1) is 17.9. The quantitative estimate of drug-likeness (QED) is 0.293. The predicted molar refractivity (Wildman–Crippen MR) is 150 cm³/mol.